The molecule has 3 N–H and O–H groups in total. The van der Waals surface area contributed by atoms with Gasteiger partial charge in [-0.2, -0.15) is 0 Å². The molecular weight excluding hydrogens is 224 g/mol. The molecule has 0 spiro atoms. The highest BCUT2D eigenvalue weighted by atomic mass is 16.5. The van der Waals surface area contributed by atoms with Crippen molar-refractivity contribution in [2.24, 2.45) is 5.73 Å². The molecule has 2 aromatic carbocycles. The molecule has 0 aromatic heterocycles. The minimum absolute atomic E-state index is 0.203. The van der Waals surface area contributed by atoms with Crippen LogP contribution in [-0.2, 0) is 5.54 Å². The standard InChI is InChI=1S/C15H16N2O/c16-15(10-17-11-15)12-6-8-14(9-7-12)18-13-4-2-1-3-5-13/h1-9,17H,10-11,16H2. The van der Waals surface area contributed by atoms with Crippen molar-refractivity contribution in [2.45, 2.75) is 5.54 Å². The SMILES string of the molecule is NC1(c2ccc(Oc3ccccc3)cc2)CNC1. The Morgan fingerprint density at radius 1 is 0.889 bits per heavy atom. The summed E-state index contributed by atoms with van der Waals surface area (Å²) in [5, 5.41) is 3.20. The number of nitrogens with one attached hydrogen (secondary N) is 1. The fourth-order valence-corrected chi connectivity index (χ4v) is 2.08. The van der Waals surface area contributed by atoms with Crippen molar-refractivity contribution in [3.63, 3.8) is 0 Å². The second-order valence-electron chi connectivity index (χ2n) is 4.70. The van der Waals surface area contributed by atoms with E-state index in [2.05, 4.69) is 5.32 Å². The van der Waals surface area contributed by atoms with E-state index >= 15 is 0 Å². The molecule has 0 aliphatic carbocycles. The summed E-state index contributed by atoms with van der Waals surface area (Å²) in [5.74, 6) is 1.68. The van der Waals surface area contributed by atoms with Gasteiger partial charge in [-0.1, -0.05) is 30.3 Å². The van der Waals surface area contributed by atoms with E-state index in [1.54, 1.807) is 0 Å². The monoisotopic (exact) mass is 240 g/mol. The van der Waals surface area contributed by atoms with Crippen molar-refractivity contribution in [3.05, 3.63) is 60.2 Å². The maximum absolute atomic E-state index is 6.22. The first-order valence-electron chi connectivity index (χ1n) is 6.09. The molecule has 0 unspecified atom stereocenters. The highest BCUT2D eigenvalue weighted by Gasteiger charge is 2.33. The molecule has 2 aromatic rings. The third-order valence-corrected chi connectivity index (χ3v) is 3.29. The van der Waals surface area contributed by atoms with Gasteiger partial charge in [0.15, 0.2) is 0 Å². The van der Waals surface area contributed by atoms with Crippen molar-refractivity contribution in [1.82, 2.24) is 5.32 Å². The van der Waals surface area contributed by atoms with Crippen LogP contribution in [0.3, 0.4) is 0 Å². The number of para-hydroxylation sites is 1. The van der Waals surface area contributed by atoms with Crippen LogP contribution in [0.25, 0.3) is 0 Å². The van der Waals surface area contributed by atoms with Gasteiger partial charge < -0.3 is 15.8 Å². The van der Waals surface area contributed by atoms with E-state index in [9.17, 15) is 0 Å². The largest absolute Gasteiger partial charge is 0.457 e. The quantitative estimate of drug-likeness (QED) is 0.865. The van der Waals surface area contributed by atoms with Crippen molar-refractivity contribution >= 4 is 0 Å². The molecule has 3 rings (SSSR count). The van der Waals surface area contributed by atoms with Crippen LogP contribution in [0, 0.1) is 0 Å². The summed E-state index contributed by atoms with van der Waals surface area (Å²) in [5.41, 5.74) is 7.17. The Balaban J connectivity index is 1.75. The summed E-state index contributed by atoms with van der Waals surface area (Å²) in [6, 6.07) is 17.8. The van der Waals surface area contributed by atoms with Gasteiger partial charge in [-0.3, -0.25) is 0 Å². The minimum Gasteiger partial charge on any atom is -0.457 e. The summed E-state index contributed by atoms with van der Waals surface area (Å²) < 4.78 is 5.74. The van der Waals surface area contributed by atoms with Gasteiger partial charge in [0.2, 0.25) is 0 Å². The highest BCUT2D eigenvalue weighted by molar-refractivity contribution is 5.36. The molecule has 0 bridgehead atoms. The first-order chi connectivity index (χ1) is 8.76. The van der Waals surface area contributed by atoms with E-state index in [0.29, 0.717) is 0 Å². The van der Waals surface area contributed by atoms with Crippen molar-refractivity contribution in [1.29, 1.82) is 0 Å². The van der Waals surface area contributed by atoms with Crippen LogP contribution in [0.15, 0.2) is 54.6 Å². The lowest BCUT2D eigenvalue weighted by atomic mass is 9.85. The van der Waals surface area contributed by atoms with Gasteiger partial charge in [-0.05, 0) is 29.8 Å². The van der Waals surface area contributed by atoms with E-state index in [4.69, 9.17) is 10.5 Å². The van der Waals surface area contributed by atoms with E-state index in [1.165, 1.54) is 0 Å². The van der Waals surface area contributed by atoms with Crippen LogP contribution in [0.5, 0.6) is 11.5 Å². The van der Waals surface area contributed by atoms with Gasteiger partial charge in [0.05, 0.1) is 5.54 Å². The minimum atomic E-state index is -0.203. The van der Waals surface area contributed by atoms with Crippen molar-refractivity contribution < 1.29 is 4.74 Å². The van der Waals surface area contributed by atoms with Crippen molar-refractivity contribution in [3.8, 4) is 11.5 Å². The van der Waals surface area contributed by atoms with Crippen LogP contribution in [0.1, 0.15) is 5.56 Å². The average Bonchev–Trinajstić information content (AvgIpc) is 2.38. The number of nitrogens with two attached hydrogens (primary N) is 1. The third-order valence-electron chi connectivity index (χ3n) is 3.29. The maximum Gasteiger partial charge on any atom is 0.127 e. The molecule has 1 fully saturated rings. The second kappa shape index (κ2) is 4.44. The zero-order valence-electron chi connectivity index (χ0n) is 10.1. The zero-order valence-corrected chi connectivity index (χ0v) is 10.1. The van der Waals surface area contributed by atoms with Crippen LogP contribution in [0.2, 0.25) is 0 Å². The fourth-order valence-electron chi connectivity index (χ4n) is 2.08. The first kappa shape index (κ1) is 11.3. The van der Waals surface area contributed by atoms with Crippen molar-refractivity contribution in [2.75, 3.05) is 13.1 Å². The zero-order chi connectivity index (χ0) is 12.4. The van der Waals surface area contributed by atoms with Gasteiger partial charge in [0.1, 0.15) is 11.5 Å². The third kappa shape index (κ3) is 2.10. The van der Waals surface area contributed by atoms with E-state index in [1.807, 2.05) is 54.6 Å². The number of ether oxygens (including phenoxy) is 1. The summed E-state index contributed by atoms with van der Waals surface area (Å²) in [6.45, 7) is 1.68. The molecule has 92 valence electrons. The van der Waals surface area contributed by atoms with Crippen LogP contribution < -0.4 is 15.8 Å². The fraction of sp³-hybridized carbons (Fsp3) is 0.200. The van der Waals surface area contributed by atoms with E-state index < -0.39 is 0 Å². The Morgan fingerprint density at radius 3 is 2.06 bits per heavy atom. The van der Waals surface area contributed by atoms with Gasteiger partial charge in [0.25, 0.3) is 0 Å². The average molecular weight is 240 g/mol. The summed E-state index contributed by atoms with van der Waals surface area (Å²) in [7, 11) is 0. The molecule has 3 nitrogen and oxygen atoms in total. The lowest BCUT2D eigenvalue weighted by Gasteiger charge is -2.39. The molecule has 1 heterocycles. The molecule has 0 saturated carbocycles. The second-order valence-corrected chi connectivity index (χ2v) is 4.70. The predicted molar refractivity (Wildman–Crippen MR) is 71.7 cm³/mol. The first-order valence-corrected chi connectivity index (χ1v) is 6.09. The Hall–Kier alpha value is -1.84. The number of benzene rings is 2. The number of rotatable bonds is 3. The topological polar surface area (TPSA) is 47.3 Å². The highest BCUT2D eigenvalue weighted by Crippen LogP contribution is 2.26. The molecule has 0 atom stereocenters. The van der Waals surface area contributed by atoms with Gasteiger partial charge in [-0.15, -0.1) is 0 Å². The summed E-state index contributed by atoms with van der Waals surface area (Å²) in [4.78, 5) is 0. The molecular formula is C15H16N2O. The molecule has 0 radical (unpaired) electrons. The molecule has 1 aliphatic rings. The van der Waals surface area contributed by atoms with Crippen LogP contribution in [0.4, 0.5) is 0 Å². The van der Waals surface area contributed by atoms with Gasteiger partial charge >= 0.3 is 0 Å². The molecule has 1 saturated heterocycles. The number of hydrogen-bond acceptors (Lipinski definition) is 3. The Kier molecular flexibility index (Phi) is 2.78. The lowest BCUT2D eigenvalue weighted by molar-refractivity contribution is 0.287. The summed E-state index contributed by atoms with van der Waals surface area (Å²) >= 11 is 0. The molecule has 1 aliphatic heterocycles. The summed E-state index contributed by atoms with van der Waals surface area (Å²) in [6.07, 6.45) is 0. The predicted octanol–water partition coefficient (Wildman–Crippen LogP) is 2.24. The van der Waals surface area contributed by atoms with Gasteiger partial charge in [0, 0.05) is 13.1 Å². The van der Waals surface area contributed by atoms with E-state index in [-0.39, 0.29) is 5.54 Å². The Morgan fingerprint density at radius 2 is 1.50 bits per heavy atom. The van der Waals surface area contributed by atoms with Gasteiger partial charge in [-0.25, -0.2) is 0 Å². The molecule has 3 heteroatoms. The molecule has 0 amide bonds. The smallest absolute Gasteiger partial charge is 0.127 e. The maximum atomic E-state index is 6.22. The number of hydrogen-bond donors (Lipinski definition) is 2. The normalized spacial score (nSPS) is 16.9. The molecule has 18 heavy (non-hydrogen) atoms. The Labute approximate surface area is 107 Å². The van der Waals surface area contributed by atoms with Crippen LogP contribution >= 0.6 is 0 Å². The Bertz CT molecular complexity index is 518. The lowest BCUT2D eigenvalue weighted by Crippen LogP contribution is -2.62. The van der Waals surface area contributed by atoms with E-state index in [0.717, 1.165) is 30.2 Å². The van der Waals surface area contributed by atoms with Crippen LogP contribution in [-0.4, -0.2) is 13.1 Å².